The Balaban J connectivity index is 0.000000606. The van der Waals surface area contributed by atoms with Crippen molar-refractivity contribution in [2.45, 2.75) is 33.7 Å². The van der Waals surface area contributed by atoms with Gasteiger partial charge in [0.05, 0.1) is 6.04 Å². The zero-order valence-corrected chi connectivity index (χ0v) is 9.85. The molecule has 3 N–H and O–H groups in total. The molecule has 0 atom stereocenters. The van der Waals surface area contributed by atoms with Crippen molar-refractivity contribution in [3.63, 3.8) is 0 Å². The van der Waals surface area contributed by atoms with Gasteiger partial charge in [0.2, 0.25) is 5.95 Å². The van der Waals surface area contributed by atoms with Crippen LogP contribution in [-0.2, 0) is 0 Å². The fourth-order valence-electron chi connectivity index (χ4n) is 1.21. The smallest absolute Gasteiger partial charge is 0.282 e. The Morgan fingerprint density at radius 2 is 2.00 bits per heavy atom. The first-order chi connectivity index (χ1) is 7.59. The van der Waals surface area contributed by atoms with E-state index in [1.54, 1.807) is 4.68 Å². The van der Waals surface area contributed by atoms with Crippen molar-refractivity contribution in [2.24, 2.45) is 0 Å². The lowest BCUT2D eigenvalue weighted by Gasteiger charge is -2.03. The van der Waals surface area contributed by atoms with Crippen molar-refractivity contribution in [3.8, 4) is 0 Å². The third-order valence-electron chi connectivity index (χ3n) is 1.84. The van der Waals surface area contributed by atoms with Crippen LogP contribution in [-0.4, -0.2) is 25.0 Å². The van der Waals surface area contributed by atoms with E-state index in [0.717, 1.165) is 0 Å². The number of hydrogen-bond donors (Lipinski definition) is 2. The Hall–Kier alpha value is -1.92. The number of anilines is 1. The lowest BCUT2D eigenvalue weighted by atomic mass is 10.4. The highest BCUT2D eigenvalue weighted by atomic mass is 16.1. The molecular formula is C9H16N6O. The van der Waals surface area contributed by atoms with Crippen LogP contribution in [0.25, 0.3) is 11.2 Å². The van der Waals surface area contributed by atoms with E-state index in [-0.39, 0.29) is 23.1 Å². The Labute approximate surface area is 92.7 Å². The normalized spacial score (nSPS) is 10.3. The lowest BCUT2D eigenvalue weighted by molar-refractivity contribution is 0.526. The summed E-state index contributed by atoms with van der Waals surface area (Å²) in [6.07, 6.45) is 0. The highest BCUT2D eigenvalue weighted by molar-refractivity contribution is 5.69. The van der Waals surface area contributed by atoms with Crippen LogP contribution in [0, 0.1) is 0 Å². The monoisotopic (exact) mass is 224 g/mol. The van der Waals surface area contributed by atoms with Crippen LogP contribution in [0.2, 0.25) is 0 Å². The van der Waals surface area contributed by atoms with Crippen LogP contribution >= 0.6 is 0 Å². The van der Waals surface area contributed by atoms with Gasteiger partial charge < -0.3 is 5.73 Å². The maximum atomic E-state index is 11.3. The molecule has 0 aliphatic rings. The molecule has 0 aliphatic heterocycles. The van der Waals surface area contributed by atoms with Gasteiger partial charge in [-0.3, -0.25) is 9.78 Å². The quantitative estimate of drug-likeness (QED) is 0.742. The van der Waals surface area contributed by atoms with Crippen molar-refractivity contribution in [3.05, 3.63) is 10.4 Å². The van der Waals surface area contributed by atoms with E-state index in [0.29, 0.717) is 5.65 Å². The molecule has 0 aromatic carbocycles. The highest BCUT2D eigenvalue weighted by Gasteiger charge is 2.12. The molecule has 2 heterocycles. The average Bonchev–Trinajstić information content (AvgIpc) is 2.64. The second-order valence-corrected chi connectivity index (χ2v) is 3.25. The molecule has 0 fully saturated rings. The van der Waals surface area contributed by atoms with Crippen molar-refractivity contribution in [2.75, 3.05) is 5.73 Å². The fraction of sp³-hybridized carbons (Fsp3) is 0.556. The molecule has 0 amide bonds. The summed E-state index contributed by atoms with van der Waals surface area (Å²) in [5.74, 6) is 0.0756. The lowest BCUT2D eigenvalue weighted by Crippen LogP contribution is -2.12. The molecule has 2 aromatic heterocycles. The summed E-state index contributed by atoms with van der Waals surface area (Å²) >= 11 is 0. The van der Waals surface area contributed by atoms with Gasteiger partial charge >= 0.3 is 0 Å². The van der Waals surface area contributed by atoms with Gasteiger partial charge in [-0.15, -0.1) is 5.10 Å². The van der Waals surface area contributed by atoms with E-state index in [2.05, 4.69) is 20.3 Å². The summed E-state index contributed by atoms with van der Waals surface area (Å²) in [4.78, 5) is 17.7. The van der Waals surface area contributed by atoms with Gasteiger partial charge in [-0.25, -0.2) is 4.68 Å². The summed E-state index contributed by atoms with van der Waals surface area (Å²) in [6.45, 7) is 7.85. The largest absolute Gasteiger partial charge is 0.369 e. The zero-order chi connectivity index (χ0) is 12.3. The van der Waals surface area contributed by atoms with Crippen LogP contribution < -0.4 is 11.3 Å². The van der Waals surface area contributed by atoms with Gasteiger partial charge in [0.1, 0.15) is 0 Å². The maximum Gasteiger partial charge on any atom is 0.282 e. The van der Waals surface area contributed by atoms with E-state index in [9.17, 15) is 4.79 Å². The van der Waals surface area contributed by atoms with Gasteiger partial charge in [0.15, 0.2) is 11.2 Å². The first kappa shape index (κ1) is 12.2. The van der Waals surface area contributed by atoms with E-state index >= 15 is 0 Å². The molecule has 88 valence electrons. The summed E-state index contributed by atoms with van der Waals surface area (Å²) in [6, 6.07) is 0.0914. The fourth-order valence-corrected chi connectivity index (χ4v) is 1.21. The van der Waals surface area contributed by atoms with Crippen molar-refractivity contribution in [1.82, 2.24) is 25.0 Å². The minimum atomic E-state index is -0.362. The molecule has 0 radical (unpaired) electrons. The number of fused-ring (bicyclic) bond motifs is 1. The number of H-pyrrole nitrogens is 1. The molecule has 0 bridgehead atoms. The minimum absolute atomic E-state index is 0.0756. The first-order valence-corrected chi connectivity index (χ1v) is 5.20. The molecule has 0 saturated carbocycles. The molecule has 16 heavy (non-hydrogen) atoms. The van der Waals surface area contributed by atoms with Gasteiger partial charge in [0, 0.05) is 0 Å². The number of nitrogens with two attached hydrogens (primary N) is 1. The zero-order valence-electron chi connectivity index (χ0n) is 9.85. The van der Waals surface area contributed by atoms with Crippen LogP contribution in [0.15, 0.2) is 4.79 Å². The molecule has 7 nitrogen and oxygen atoms in total. The van der Waals surface area contributed by atoms with Crippen LogP contribution in [0.3, 0.4) is 0 Å². The number of nitrogens with one attached hydrogen (secondary N) is 1. The van der Waals surface area contributed by atoms with Gasteiger partial charge in [-0.1, -0.05) is 19.1 Å². The van der Waals surface area contributed by atoms with Gasteiger partial charge in [-0.2, -0.15) is 4.98 Å². The van der Waals surface area contributed by atoms with E-state index in [1.807, 2.05) is 27.7 Å². The number of nitrogens with zero attached hydrogens (tertiary/aromatic N) is 4. The number of aromatic amines is 1. The summed E-state index contributed by atoms with van der Waals surface area (Å²) in [5.41, 5.74) is 5.69. The van der Waals surface area contributed by atoms with E-state index in [1.165, 1.54) is 0 Å². The number of rotatable bonds is 1. The summed E-state index contributed by atoms with van der Waals surface area (Å²) in [7, 11) is 0. The number of hydrogen-bond acceptors (Lipinski definition) is 5. The molecule has 7 heteroatoms. The predicted octanol–water partition coefficient (Wildman–Crippen LogP) is 0.704. The molecule has 2 rings (SSSR count). The van der Waals surface area contributed by atoms with E-state index < -0.39 is 0 Å². The van der Waals surface area contributed by atoms with Crippen molar-refractivity contribution < 1.29 is 0 Å². The predicted molar refractivity (Wildman–Crippen MR) is 62.1 cm³/mol. The average molecular weight is 224 g/mol. The second-order valence-electron chi connectivity index (χ2n) is 3.25. The molecule has 0 unspecified atom stereocenters. The van der Waals surface area contributed by atoms with Crippen LogP contribution in [0.5, 0.6) is 0 Å². The molecule has 0 spiro atoms. The van der Waals surface area contributed by atoms with Crippen LogP contribution in [0.1, 0.15) is 33.7 Å². The Bertz CT molecular complexity index is 526. The Morgan fingerprint density at radius 1 is 1.38 bits per heavy atom. The third-order valence-corrected chi connectivity index (χ3v) is 1.84. The van der Waals surface area contributed by atoms with Crippen molar-refractivity contribution in [1.29, 1.82) is 0 Å². The maximum absolute atomic E-state index is 11.3. The third kappa shape index (κ3) is 2.02. The highest BCUT2D eigenvalue weighted by Crippen LogP contribution is 2.09. The standard InChI is InChI=1S/C7H10N6O.C2H6/c1-3(2)13-5-4(11-12-13)6(14)10-7(8)9-5;1-2/h3H,1-2H3,(H3,8,9,10,14);1-2H3. The second kappa shape index (κ2) is 4.73. The van der Waals surface area contributed by atoms with Crippen molar-refractivity contribution >= 4 is 17.1 Å². The topological polar surface area (TPSA) is 102 Å². The van der Waals surface area contributed by atoms with E-state index in [4.69, 9.17) is 5.73 Å². The summed E-state index contributed by atoms with van der Waals surface area (Å²) < 4.78 is 1.56. The Kier molecular flexibility index (Phi) is 3.60. The molecule has 2 aromatic rings. The molecular weight excluding hydrogens is 208 g/mol. The SMILES string of the molecule is CC.CC(C)n1nnc2c(=O)[nH]c(N)nc21. The Morgan fingerprint density at radius 3 is 2.56 bits per heavy atom. The number of aromatic nitrogens is 5. The molecule has 0 saturated heterocycles. The summed E-state index contributed by atoms with van der Waals surface area (Å²) in [5, 5.41) is 7.56. The van der Waals surface area contributed by atoms with Gasteiger partial charge in [0.25, 0.3) is 5.56 Å². The minimum Gasteiger partial charge on any atom is -0.369 e. The molecule has 0 aliphatic carbocycles. The van der Waals surface area contributed by atoms with Gasteiger partial charge in [-0.05, 0) is 13.8 Å². The number of nitrogen functional groups attached to an aromatic ring is 1. The first-order valence-electron chi connectivity index (χ1n) is 5.20. The van der Waals surface area contributed by atoms with Crippen LogP contribution in [0.4, 0.5) is 5.95 Å².